The molecular formula is C14H14N4O4. The largest absolute Gasteiger partial charge is 0.476 e. The molecule has 8 heteroatoms. The van der Waals surface area contributed by atoms with Crippen molar-refractivity contribution in [1.82, 2.24) is 19.9 Å². The Bertz CT molecular complexity index is 679. The van der Waals surface area contributed by atoms with E-state index in [2.05, 4.69) is 10.3 Å². The number of carbonyl (C=O) groups excluding carboxylic acids is 1. The number of aromatic carboxylic acids is 1. The Labute approximate surface area is 125 Å². The van der Waals surface area contributed by atoms with E-state index >= 15 is 0 Å². The summed E-state index contributed by atoms with van der Waals surface area (Å²) in [7, 11) is 0. The summed E-state index contributed by atoms with van der Waals surface area (Å²) in [6.07, 6.45) is 0.774. The van der Waals surface area contributed by atoms with Crippen molar-refractivity contribution in [3.8, 4) is 0 Å². The van der Waals surface area contributed by atoms with Crippen LogP contribution >= 0.6 is 0 Å². The second-order valence-electron chi connectivity index (χ2n) is 4.97. The third-order valence-corrected chi connectivity index (χ3v) is 3.47. The molecule has 1 fully saturated rings. The van der Waals surface area contributed by atoms with Crippen LogP contribution in [0, 0.1) is 0 Å². The number of rotatable bonds is 4. The van der Waals surface area contributed by atoms with Gasteiger partial charge in [-0.15, -0.1) is 5.10 Å². The highest BCUT2D eigenvalue weighted by Crippen LogP contribution is 2.22. The monoisotopic (exact) mass is 302 g/mol. The van der Waals surface area contributed by atoms with Gasteiger partial charge in [-0.2, -0.15) is 0 Å². The SMILES string of the molecule is O=C(O)c1cnnn1C1CN(C(=O)OCc2ccccc2)C1. The molecule has 1 aliphatic rings. The lowest BCUT2D eigenvalue weighted by molar-refractivity contribution is 0.0464. The molecule has 1 N–H and O–H groups in total. The number of likely N-dealkylation sites (tertiary alicyclic amines) is 1. The van der Waals surface area contributed by atoms with Gasteiger partial charge in [-0.25, -0.2) is 14.3 Å². The molecule has 0 spiro atoms. The Hall–Kier alpha value is -2.90. The predicted octanol–water partition coefficient (Wildman–Crippen LogP) is 1.17. The molecule has 1 aromatic carbocycles. The molecule has 0 saturated carbocycles. The van der Waals surface area contributed by atoms with E-state index < -0.39 is 12.1 Å². The number of ether oxygens (including phenoxy) is 1. The fourth-order valence-electron chi connectivity index (χ4n) is 2.24. The molecule has 22 heavy (non-hydrogen) atoms. The first-order valence-corrected chi connectivity index (χ1v) is 6.74. The molecule has 0 unspecified atom stereocenters. The van der Waals surface area contributed by atoms with Gasteiger partial charge in [0, 0.05) is 13.1 Å². The number of amides is 1. The molecule has 0 bridgehead atoms. The first-order chi connectivity index (χ1) is 10.6. The van der Waals surface area contributed by atoms with E-state index in [9.17, 15) is 9.59 Å². The second kappa shape index (κ2) is 5.84. The summed E-state index contributed by atoms with van der Waals surface area (Å²) in [6.45, 7) is 0.930. The molecule has 1 saturated heterocycles. The van der Waals surface area contributed by atoms with E-state index in [4.69, 9.17) is 9.84 Å². The molecule has 1 aromatic heterocycles. The maximum atomic E-state index is 11.9. The van der Waals surface area contributed by atoms with Gasteiger partial charge >= 0.3 is 12.1 Å². The average Bonchev–Trinajstić information content (AvgIpc) is 2.94. The third-order valence-electron chi connectivity index (χ3n) is 3.47. The predicted molar refractivity (Wildman–Crippen MR) is 74.2 cm³/mol. The highest BCUT2D eigenvalue weighted by Gasteiger charge is 2.35. The fourth-order valence-corrected chi connectivity index (χ4v) is 2.24. The Morgan fingerprint density at radius 3 is 2.68 bits per heavy atom. The molecule has 0 radical (unpaired) electrons. The minimum absolute atomic E-state index is 0.0160. The Morgan fingerprint density at radius 2 is 2.00 bits per heavy atom. The standard InChI is InChI=1S/C14H14N4O4/c19-13(20)12-6-15-16-18(12)11-7-17(8-11)14(21)22-9-10-4-2-1-3-5-10/h1-6,11H,7-9H2,(H,19,20). The van der Waals surface area contributed by atoms with Crippen LogP contribution in [0.25, 0.3) is 0 Å². The van der Waals surface area contributed by atoms with Crippen LogP contribution in [0.15, 0.2) is 36.5 Å². The minimum Gasteiger partial charge on any atom is -0.476 e. The van der Waals surface area contributed by atoms with E-state index in [1.807, 2.05) is 30.3 Å². The lowest BCUT2D eigenvalue weighted by Crippen LogP contribution is -2.51. The van der Waals surface area contributed by atoms with Crippen LogP contribution in [0.5, 0.6) is 0 Å². The first-order valence-electron chi connectivity index (χ1n) is 6.74. The van der Waals surface area contributed by atoms with Crippen molar-refractivity contribution in [1.29, 1.82) is 0 Å². The van der Waals surface area contributed by atoms with Crippen molar-refractivity contribution in [2.24, 2.45) is 0 Å². The molecule has 1 amide bonds. The second-order valence-corrected chi connectivity index (χ2v) is 4.97. The molecule has 114 valence electrons. The van der Waals surface area contributed by atoms with Gasteiger partial charge in [0.05, 0.1) is 12.2 Å². The van der Waals surface area contributed by atoms with Crippen molar-refractivity contribution in [3.63, 3.8) is 0 Å². The minimum atomic E-state index is -1.09. The van der Waals surface area contributed by atoms with Crippen molar-refractivity contribution in [2.45, 2.75) is 12.6 Å². The van der Waals surface area contributed by atoms with Crippen LogP contribution < -0.4 is 0 Å². The third kappa shape index (κ3) is 2.76. The molecule has 2 heterocycles. The fraction of sp³-hybridized carbons (Fsp3) is 0.286. The Morgan fingerprint density at radius 1 is 1.27 bits per heavy atom. The van der Waals surface area contributed by atoms with Gasteiger partial charge in [0.2, 0.25) is 0 Å². The topological polar surface area (TPSA) is 97.5 Å². The van der Waals surface area contributed by atoms with E-state index in [1.54, 1.807) is 0 Å². The lowest BCUT2D eigenvalue weighted by atomic mass is 10.1. The maximum Gasteiger partial charge on any atom is 0.410 e. The summed E-state index contributed by atoms with van der Waals surface area (Å²) in [5.41, 5.74) is 0.930. The first kappa shape index (κ1) is 14.1. The van der Waals surface area contributed by atoms with Crippen molar-refractivity contribution >= 4 is 12.1 Å². The van der Waals surface area contributed by atoms with Gasteiger partial charge in [-0.05, 0) is 5.56 Å². The summed E-state index contributed by atoms with van der Waals surface area (Å²) in [4.78, 5) is 24.4. The van der Waals surface area contributed by atoms with Crippen LogP contribution in [0.3, 0.4) is 0 Å². The van der Waals surface area contributed by atoms with Crippen LogP contribution in [0.1, 0.15) is 22.1 Å². The van der Waals surface area contributed by atoms with Crippen LogP contribution in [-0.2, 0) is 11.3 Å². The summed E-state index contributed by atoms with van der Waals surface area (Å²) in [6, 6.07) is 9.21. The number of aromatic nitrogens is 3. The summed E-state index contributed by atoms with van der Waals surface area (Å²) < 4.78 is 6.52. The van der Waals surface area contributed by atoms with Gasteiger partial charge in [0.1, 0.15) is 6.61 Å². The number of hydrogen-bond acceptors (Lipinski definition) is 5. The quantitative estimate of drug-likeness (QED) is 0.910. The molecule has 1 aliphatic heterocycles. The molecule has 3 rings (SSSR count). The Kier molecular flexibility index (Phi) is 3.73. The van der Waals surface area contributed by atoms with Crippen molar-refractivity contribution in [3.05, 3.63) is 47.8 Å². The molecule has 0 atom stereocenters. The Balaban J connectivity index is 1.51. The molecule has 0 aliphatic carbocycles. The van der Waals surface area contributed by atoms with Gasteiger partial charge in [0.15, 0.2) is 5.69 Å². The van der Waals surface area contributed by atoms with E-state index in [0.717, 1.165) is 5.56 Å². The number of benzene rings is 1. The van der Waals surface area contributed by atoms with E-state index in [1.165, 1.54) is 15.8 Å². The zero-order valence-corrected chi connectivity index (χ0v) is 11.6. The zero-order valence-electron chi connectivity index (χ0n) is 11.6. The lowest BCUT2D eigenvalue weighted by Gasteiger charge is -2.38. The summed E-state index contributed by atoms with van der Waals surface area (Å²) in [5, 5.41) is 16.3. The highest BCUT2D eigenvalue weighted by molar-refractivity contribution is 5.85. The summed E-state index contributed by atoms with van der Waals surface area (Å²) >= 11 is 0. The number of carboxylic acid groups (broad SMARTS) is 1. The van der Waals surface area contributed by atoms with Crippen LogP contribution in [0.4, 0.5) is 4.79 Å². The van der Waals surface area contributed by atoms with Gasteiger partial charge in [-0.1, -0.05) is 35.5 Å². The van der Waals surface area contributed by atoms with Crippen LogP contribution in [-0.4, -0.2) is 50.2 Å². The molecule has 8 nitrogen and oxygen atoms in total. The number of nitrogens with zero attached hydrogens (tertiary/aromatic N) is 4. The van der Waals surface area contributed by atoms with Crippen LogP contribution in [0.2, 0.25) is 0 Å². The van der Waals surface area contributed by atoms with E-state index in [-0.39, 0.29) is 18.3 Å². The van der Waals surface area contributed by atoms with Gasteiger partial charge < -0.3 is 14.7 Å². The number of carboxylic acids is 1. The van der Waals surface area contributed by atoms with Gasteiger partial charge in [-0.3, -0.25) is 0 Å². The zero-order chi connectivity index (χ0) is 15.5. The smallest absolute Gasteiger partial charge is 0.410 e. The van der Waals surface area contributed by atoms with Crippen molar-refractivity contribution in [2.75, 3.05) is 13.1 Å². The van der Waals surface area contributed by atoms with Crippen molar-refractivity contribution < 1.29 is 19.4 Å². The van der Waals surface area contributed by atoms with Gasteiger partial charge in [0.25, 0.3) is 0 Å². The molecular weight excluding hydrogens is 288 g/mol. The number of hydrogen-bond donors (Lipinski definition) is 1. The number of carbonyl (C=O) groups is 2. The highest BCUT2D eigenvalue weighted by atomic mass is 16.6. The maximum absolute atomic E-state index is 11.9. The van der Waals surface area contributed by atoms with E-state index in [0.29, 0.717) is 13.1 Å². The summed E-state index contributed by atoms with van der Waals surface area (Å²) in [5.74, 6) is -1.09. The molecule has 2 aromatic rings. The average molecular weight is 302 g/mol. The normalized spacial score (nSPS) is 14.5.